The summed E-state index contributed by atoms with van der Waals surface area (Å²) < 4.78 is 16.0. The third-order valence-electron chi connectivity index (χ3n) is 3.67. The summed E-state index contributed by atoms with van der Waals surface area (Å²) >= 11 is 3.50. The van der Waals surface area contributed by atoms with E-state index in [1.165, 1.54) is 12.1 Å². The SMILES string of the molecule is CCC(O)(Cc1c(Br)c(C)nn1C)c1cccc(F)c1. The Bertz CT molecular complexity index is 626. The van der Waals surface area contributed by atoms with Gasteiger partial charge in [-0.1, -0.05) is 19.1 Å². The Hall–Kier alpha value is -1.20. The Morgan fingerprint density at radius 2 is 2.15 bits per heavy atom. The van der Waals surface area contributed by atoms with Crippen molar-refractivity contribution in [1.29, 1.82) is 0 Å². The first-order valence-corrected chi connectivity index (χ1v) is 7.33. The van der Waals surface area contributed by atoms with E-state index in [0.717, 1.165) is 15.9 Å². The molecule has 2 rings (SSSR count). The van der Waals surface area contributed by atoms with Gasteiger partial charge in [0.05, 0.1) is 21.5 Å². The van der Waals surface area contributed by atoms with Crippen LogP contribution < -0.4 is 0 Å². The van der Waals surface area contributed by atoms with E-state index >= 15 is 0 Å². The van der Waals surface area contributed by atoms with Crippen LogP contribution in [0.25, 0.3) is 0 Å². The van der Waals surface area contributed by atoms with Crippen LogP contribution in [0.15, 0.2) is 28.7 Å². The highest BCUT2D eigenvalue weighted by atomic mass is 79.9. The number of hydrogen-bond acceptors (Lipinski definition) is 2. The van der Waals surface area contributed by atoms with Crippen molar-refractivity contribution >= 4 is 15.9 Å². The Morgan fingerprint density at radius 3 is 2.65 bits per heavy atom. The zero-order chi connectivity index (χ0) is 14.9. The second kappa shape index (κ2) is 5.66. The third-order valence-corrected chi connectivity index (χ3v) is 4.70. The van der Waals surface area contributed by atoms with Crippen LogP contribution in [0, 0.1) is 12.7 Å². The van der Waals surface area contributed by atoms with E-state index < -0.39 is 5.60 Å². The highest BCUT2D eigenvalue weighted by molar-refractivity contribution is 9.10. The van der Waals surface area contributed by atoms with Gasteiger partial charge in [-0.15, -0.1) is 0 Å². The quantitative estimate of drug-likeness (QED) is 0.925. The lowest BCUT2D eigenvalue weighted by molar-refractivity contribution is 0.0304. The zero-order valence-electron chi connectivity index (χ0n) is 11.8. The second-order valence-electron chi connectivity index (χ2n) is 5.04. The van der Waals surface area contributed by atoms with Gasteiger partial charge in [-0.05, 0) is 47.0 Å². The molecule has 108 valence electrons. The Morgan fingerprint density at radius 1 is 1.45 bits per heavy atom. The molecule has 0 aliphatic rings. The molecule has 1 heterocycles. The fourth-order valence-electron chi connectivity index (χ4n) is 2.36. The van der Waals surface area contributed by atoms with Crippen LogP contribution >= 0.6 is 15.9 Å². The summed E-state index contributed by atoms with van der Waals surface area (Å²) in [5.41, 5.74) is 1.26. The largest absolute Gasteiger partial charge is 0.385 e. The normalized spacial score (nSPS) is 14.3. The van der Waals surface area contributed by atoms with Crippen LogP contribution in [0.1, 0.15) is 30.3 Å². The minimum Gasteiger partial charge on any atom is -0.385 e. The minimum atomic E-state index is -1.11. The summed E-state index contributed by atoms with van der Waals surface area (Å²) in [5.74, 6) is -0.338. The monoisotopic (exact) mass is 340 g/mol. The molecule has 0 bridgehead atoms. The van der Waals surface area contributed by atoms with Crippen LogP contribution in [-0.4, -0.2) is 14.9 Å². The lowest BCUT2D eigenvalue weighted by Crippen LogP contribution is -2.29. The second-order valence-corrected chi connectivity index (χ2v) is 5.83. The number of nitrogens with zero attached hydrogens (tertiary/aromatic N) is 2. The molecule has 0 fully saturated rings. The van der Waals surface area contributed by atoms with Gasteiger partial charge in [-0.3, -0.25) is 4.68 Å². The summed E-state index contributed by atoms with van der Waals surface area (Å²) in [6.45, 7) is 3.79. The number of aryl methyl sites for hydroxylation is 2. The first kappa shape index (κ1) is 15.2. The van der Waals surface area contributed by atoms with Crippen molar-refractivity contribution in [1.82, 2.24) is 9.78 Å². The fraction of sp³-hybridized carbons (Fsp3) is 0.400. The smallest absolute Gasteiger partial charge is 0.123 e. The summed E-state index contributed by atoms with van der Waals surface area (Å²) in [5, 5.41) is 15.2. The Kier molecular flexibility index (Phi) is 4.30. The molecule has 5 heteroatoms. The standard InChI is InChI=1S/C15H18BrFN2O/c1-4-15(20,11-6-5-7-12(17)8-11)9-13-14(16)10(2)18-19(13)3/h5-8,20H,4,9H2,1-3H3. The summed E-state index contributed by atoms with van der Waals surface area (Å²) in [6.07, 6.45) is 0.873. The van der Waals surface area contributed by atoms with Crippen molar-refractivity contribution in [2.45, 2.75) is 32.3 Å². The first-order chi connectivity index (χ1) is 9.37. The highest BCUT2D eigenvalue weighted by Crippen LogP contribution is 2.32. The fourth-order valence-corrected chi connectivity index (χ4v) is 2.83. The topological polar surface area (TPSA) is 38.1 Å². The summed E-state index contributed by atoms with van der Waals surface area (Å²) in [4.78, 5) is 0. The molecule has 20 heavy (non-hydrogen) atoms. The number of rotatable bonds is 4. The van der Waals surface area contributed by atoms with Gasteiger partial charge in [0.25, 0.3) is 0 Å². The molecule has 0 saturated carbocycles. The van der Waals surface area contributed by atoms with E-state index in [-0.39, 0.29) is 5.82 Å². The third kappa shape index (κ3) is 2.79. The van der Waals surface area contributed by atoms with Gasteiger partial charge in [-0.25, -0.2) is 4.39 Å². The van der Waals surface area contributed by atoms with Crippen LogP contribution in [0.2, 0.25) is 0 Å². The average molecular weight is 341 g/mol. The summed E-state index contributed by atoms with van der Waals surface area (Å²) in [7, 11) is 1.84. The van der Waals surface area contributed by atoms with Crippen LogP contribution in [0.5, 0.6) is 0 Å². The maximum Gasteiger partial charge on any atom is 0.123 e. The molecule has 0 aliphatic carbocycles. The molecule has 0 spiro atoms. The van der Waals surface area contributed by atoms with Crippen molar-refractivity contribution in [2.24, 2.45) is 7.05 Å². The highest BCUT2D eigenvalue weighted by Gasteiger charge is 2.30. The number of benzene rings is 1. The number of hydrogen-bond donors (Lipinski definition) is 1. The van der Waals surface area contributed by atoms with Crippen molar-refractivity contribution in [3.8, 4) is 0 Å². The van der Waals surface area contributed by atoms with Crippen molar-refractivity contribution in [3.05, 3.63) is 51.5 Å². The molecule has 1 atom stereocenters. The molecule has 3 nitrogen and oxygen atoms in total. The van der Waals surface area contributed by atoms with E-state index in [2.05, 4.69) is 21.0 Å². The predicted octanol–water partition coefficient (Wildman–Crippen LogP) is 3.47. The summed E-state index contributed by atoms with van der Waals surface area (Å²) in [6, 6.07) is 6.14. The van der Waals surface area contributed by atoms with E-state index in [1.807, 2.05) is 20.9 Å². The van der Waals surface area contributed by atoms with E-state index in [1.54, 1.807) is 16.8 Å². The molecule has 1 aromatic heterocycles. The maximum atomic E-state index is 13.4. The first-order valence-electron chi connectivity index (χ1n) is 6.54. The lowest BCUT2D eigenvalue weighted by Gasteiger charge is -2.27. The molecule has 1 unspecified atom stereocenters. The zero-order valence-corrected chi connectivity index (χ0v) is 13.4. The minimum absolute atomic E-state index is 0.338. The Balaban J connectivity index is 2.41. The number of halogens is 2. The molecular formula is C15H18BrFN2O. The molecule has 0 saturated heterocycles. The van der Waals surface area contributed by atoms with Crippen LogP contribution in [-0.2, 0) is 19.1 Å². The molecular weight excluding hydrogens is 323 g/mol. The number of aliphatic hydroxyl groups is 1. The molecule has 1 N–H and O–H groups in total. The molecule has 0 radical (unpaired) electrons. The van der Waals surface area contributed by atoms with Crippen LogP contribution in [0.3, 0.4) is 0 Å². The van der Waals surface area contributed by atoms with Crippen molar-refractivity contribution in [3.63, 3.8) is 0 Å². The van der Waals surface area contributed by atoms with Gasteiger partial charge in [-0.2, -0.15) is 5.10 Å². The molecule has 2 aromatic rings. The maximum absolute atomic E-state index is 13.4. The van der Waals surface area contributed by atoms with E-state index in [9.17, 15) is 9.50 Å². The van der Waals surface area contributed by atoms with Gasteiger partial charge in [0, 0.05) is 13.5 Å². The van der Waals surface area contributed by atoms with Gasteiger partial charge in [0.2, 0.25) is 0 Å². The lowest BCUT2D eigenvalue weighted by atomic mass is 9.86. The van der Waals surface area contributed by atoms with Crippen molar-refractivity contribution in [2.75, 3.05) is 0 Å². The number of aromatic nitrogens is 2. The van der Waals surface area contributed by atoms with Crippen LogP contribution in [0.4, 0.5) is 4.39 Å². The van der Waals surface area contributed by atoms with Gasteiger partial charge in [0.15, 0.2) is 0 Å². The Labute approximate surface area is 126 Å². The van der Waals surface area contributed by atoms with E-state index in [0.29, 0.717) is 18.4 Å². The van der Waals surface area contributed by atoms with E-state index in [4.69, 9.17) is 0 Å². The van der Waals surface area contributed by atoms with Gasteiger partial charge in [0.1, 0.15) is 5.82 Å². The molecule has 0 aliphatic heterocycles. The predicted molar refractivity (Wildman–Crippen MR) is 79.9 cm³/mol. The average Bonchev–Trinajstić information content (AvgIpc) is 2.65. The molecule has 1 aromatic carbocycles. The molecule has 0 amide bonds. The van der Waals surface area contributed by atoms with Gasteiger partial charge >= 0.3 is 0 Å². The van der Waals surface area contributed by atoms with Gasteiger partial charge < -0.3 is 5.11 Å². The van der Waals surface area contributed by atoms with Crippen molar-refractivity contribution < 1.29 is 9.50 Å².